The van der Waals surface area contributed by atoms with E-state index in [1.165, 1.54) is 0 Å². The molecule has 1 aromatic carbocycles. The lowest BCUT2D eigenvalue weighted by Gasteiger charge is -2.14. The van der Waals surface area contributed by atoms with E-state index in [2.05, 4.69) is 0 Å². The van der Waals surface area contributed by atoms with Crippen LogP contribution in [0.2, 0.25) is 0 Å². The Morgan fingerprint density at radius 3 is 2.31 bits per heavy atom. The summed E-state index contributed by atoms with van der Waals surface area (Å²) in [4.78, 5) is 28.1. The maximum Gasteiger partial charge on any atom is 0.401 e. The molecule has 1 aromatic rings. The molecule has 0 bridgehead atoms. The quantitative estimate of drug-likeness (QED) is 0.558. The minimum atomic E-state index is -4.54. The lowest BCUT2D eigenvalue weighted by Crippen LogP contribution is -2.36. The second kappa shape index (κ2) is 5.23. The van der Waals surface area contributed by atoms with Gasteiger partial charge in [-0.3, -0.25) is 4.79 Å². The van der Waals surface area contributed by atoms with Crippen LogP contribution in [-0.2, 0) is 15.8 Å². The van der Waals surface area contributed by atoms with E-state index in [1.807, 2.05) is 0 Å². The number of hydrogen-bond donors (Lipinski definition) is 4. The van der Waals surface area contributed by atoms with E-state index < -0.39 is 19.8 Å². The van der Waals surface area contributed by atoms with Crippen LogP contribution in [-0.4, -0.2) is 26.9 Å². The Bertz CT molecular complexity index is 402. The molecule has 0 amide bonds. The van der Waals surface area contributed by atoms with Gasteiger partial charge in [0, 0.05) is 0 Å². The first kappa shape index (κ1) is 12.9. The zero-order valence-corrected chi connectivity index (χ0v) is 9.17. The molecule has 1 unspecified atom stereocenters. The van der Waals surface area contributed by atoms with Gasteiger partial charge in [0.25, 0.3) is 0 Å². The Kier molecular flexibility index (Phi) is 4.20. The average Bonchev–Trinajstić information content (AvgIpc) is 2.16. The fraction of sp³-hybridized carbons (Fsp3) is 0.222. The van der Waals surface area contributed by atoms with Crippen molar-refractivity contribution < 1.29 is 24.3 Å². The van der Waals surface area contributed by atoms with Crippen LogP contribution in [0.1, 0.15) is 5.56 Å². The van der Waals surface area contributed by atoms with Crippen LogP contribution >= 0.6 is 7.75 Å². The van der Waals surface area contributed by atoms with E-state index in [1.54, 1.807) is 35.4 Å². The average molecular weight is 245 g/mol. The third-order valence-electron chi connectivity index (χ3n) is 1.90. The Hall–Kier alpha value is -1.20. The summed E-state index contributed by atoms with van der Waals surface area (Å²) in [6.07, 6.45) is 0.0152. The first-order valence-electron chi connectivity index (χ1n) is 4.48. The van der Waals surface area contributed by atoms with Gasteiger partial charge in [0.2, 0.25) is 0 Å². The second-order valence-electron chi connectivity index (χ2n) is 3.25. The molecule has 0 heterocycles. The fourth-order valence-electron chi connectivity index (χ4n) is 1.24. The number of benzene rings is 1. The van der Waals surface area contributed by atoms with Gasteiger partial charge in [0.05, 0.1) is 0 Å². The van der Waals surface area contributed by atoms with Crippen molar-refractivity contribution in [2.75, 3.05) is 0 Å². The largest absolute Gasteiger partial charge is 0.480 e. The zero-order chi connectivity index (χ0) is 12.2. The third-order valence-corrected chi connectivity index (χ3v) is 2.55. The van der Waals surface area contributed by atoms with Gasteiger partial charge in [-0.15, -0.1) is 0 Å². The molecule has 4 N–H and O–H groups in total. The summed E-state index contributed by atoms with van der Waals surface area (Å²) < 4.78 is 10.7. The van der Waals surface area contributed by atoms with Crippen LogP contribution in [0.25, 0.3) is 0 Å². The Morgan fingerprint density at radius 2 is 1.88 bits per heavy atom. The maximum absolute atomic E-state index is 10.8. The van der Waals surface area contributed by atoms with Crippen molar-refractivity contribution in [3.63, 3.8) is 0 Å². The molecule has 88 valence electrons. The molecule has 1 rings (SSSR count). The number of rotatable bonds is 5. The second-order valence-corrected chi connectivity index (χ2v) is 4.60. The van der Waals surface area contributed by atoms with Crippen LogP contribution < -0.4 is 5.09 Å². The summed E-state index contributed by atoms with van der Waals surface area (Å²) in [7, 11) is -4.54. The first-order valence-corrected chi connectivity index (χ1v) is 6.10. The van der Waals surface area contributed by atoms with Gasteiger partial charge in [-0.25, -0.2) is 9.65 Å². The summed E-state index contributed by atoms with van der Waals surface area (Å²) in [5.41, 5.74) is 0.691. The SMILES string of the molecule is O=C(O)C(Cc1ccccc1)NP(=O)(O)O. The molecule has 0 fully saturated rings. The van der Waals surface area contributed by atoms with Crippen molar-refractivity contribution >= 4 is 13.7 Å². The number of nitrogens with one attached hydrogen (secondary N) is 1. The highest BCUT2D eigenvalue weighted by Gasteiger charge is 2.25. The predicted molar refractivity (Wildman–Crippen MR) is 56.7 cm³/mol. The number of carboxylic acid groups (broad SMARTS) is 1. The van der Waals surface area contributed by atoms with Crippen molar-refractivity contribution in [3.8, 4) is 0 Å². The lowest BCUT2D eigenvalue weighted by atomic mass is 10.1. The smallest absolute Gasteiger partial charge is 0.401 e. The highest BCUT2D eigenvalue weighted by Crippen LogP contribution is 2.29. The van der Waals surface area contributed by atoms with Gasteiger partial charge in [-0.05, 0) is 12.0 Å². The van der Waals surface area contributed by atoms with E-state index in [9.17, 15) is 9.36 Å². The topological polar surface area (TPSA) is 107 Å². The van der Waals surface area contributed by atoms with Gasteiger partial charge >= 0.3 is 13.7 Å². The number of aliphatic carboxylic acids is 1. The summed E-state index contributed by atoms with van der Waals surface area (Å²) >= 11 is 0. The number of carbonyl (C=O) groups is 1. The monoisotopic (exact) mass is 245 g/mol. The molecule has 1 atom stereocenters. The van der Waals surface area contributed by atoms with E-state index in [0.29, 0.717) is 5.56 Å². The van der Waals surface area contributed by atoms with Crippen LogP contribution in [0, 0.1) is 0 Å². The molecule has 6 nitrogen and oxygen atoms in total. The first-order chi connectivity index (χ1) is 7.38. The summed E-state index contributed by atoms with van der Waals surface area (Å²) in [6, 6.07) is 7.31. The van der Waals surface area contributed by atoms with Crippen LogP contribution in [0.15, 0.2) is 30.3 Å². The molecule has 0 aromatic heterocycles. The van der Waals surface area contributed by atoms with Crippen molar-refractivity contribution in [2.45, 2.75) is 12.5 Å². The summed E-state index contributed by atoms with van der Waals surface area (Å²) in [6.45, 7) is 0. The summed E-state index contributed by atoms with van der Waals surface area (Å²) in [5.74, 6) is -1.30. The predicted octanol–water partition coefficient (Wildman–Crippen LogP) is 0.365. The molecule has 0 radical (unpaired) electrons. The molecule has 16 heavy (non-hydrogen) atoms. The van der Waals surface area contributed by atoms with Crippen molar-refractivity contribution in [2.24, 2.45) is 0 Å². The molecule has 0 aliphatic rings. The maximum atomic E-state index is 10.8. The highest BCUT2D eigenvalue weighted by molar-refractivity contribution is 7.49. The third kappa shape index (κ3) is 4.55. The van der Waals surface area contributed by atoms with Gasteiger partial charge in [0.15, 0.2) is 0 Å². The van der Waals surface area contributed by atoms with Crippen molar-refractivity contribution in [1.82, 2.24) is 5.09 Å². The highest BCUT2D eigenvalue weighted by atomic mass is 31.2. The number of hydrogen-bond acceptors (Lipinski definition) is 2. The lowest BCUT2D eigenvalue weighted by molar-refractivity contribution is -0.139. The van der Waals surface area contributed by atoms with E-state index in [4.69, 9.17) is 14.9 Å². The molecular weight excluding hydrogens is 233 g/mol. The van der Waals surface area contributed by atoms with E-state index in [-0.39, 0.29) is 6.42 Å². The Morgan fingerprint density at radius 1 is 1.31 bits per heavy atom. The molecular formula is C9H12NO5P. The zero-order valence-electron chi connectivity index (χ0n) is 8.28. The van der Waals surface area contributed by atoms with Gasteiger partial charge in [-0.2, -0.15) is 0 Å². The Labute approximate surface area is 92.1 Å². The molecule has 0 saturated carbocycles. The molecule has 0 saturated heterocycles. The molecule has 0 aliphatic carbocycles. The minimum absolute atomic E-state index is 0.0152. The van der Waals surface area contributed by atoms with Gasteiger partial charge < -0.3 is 14.9 Å². The standard InChI is InChI=1S/C9H12NO5P/c11-9(12)8(10-16(13,14)15)6-7-4-2-1-3-5-7/h1-5,8H,6H2,(H,11,12)(H3,10,13,14,15). The van der Waals surface area contributed by atoms with E-state index >= 15 is 0 Å². The Balaban J connectivity index is 2.73. The van der Waals surface area contributed by atoms with E-state index in [0.717, 1.165) is 0 Å². The van der Waals surface area contributed by atoms with Crippen LogP contribution in [0.4, 0.5) is 0 Å². The number of carboxylic acids is 1. The molecule has 7 heteroatoms. The summed E-state index contributed by atoms with van der Waals surface area (Å²) in [5, 5.41) is 10.6. The van der Waals surface area contributed by atoms with Crippen molar-refractivity contribution in [1.29, 1.82) is 0 Å². The van der Waals surface area contributed by atoms with Crippen LogP contribution in [0.3, 0.4) is 0 Å². The normalized spacial score (nSPS) is 13.4. The molecule has 0 aliphatic heterocycles. The van der Waals surface area contributed by atoms with Gasteiger partial charge in [0.1, 0.15) is 6.04 Å². The minimum Gasteiger partial charge on any atom is -0.480 e. The van der Waals surface area contributed by atoms with Crippen molar-refractivity contribution in [3.05, 3.63) is 35.9 Å². The molecule has 0 spiro atoms. The van der Waals surface area contributed by atoms with Gasteiger partial charge in [-0.1, -0.05) is 30.3 Å². The fourth-order valence-corrected chi connectivity index (χ4v) is 1.85. The van der Waals surface area contributed by atoms with Crippen LogP contribution in [0.5, 0.6) is 0 Å².